The number of hydrogen-bond acceptors (Lipinski definition) is 3. The quantitative estimate of drug-likeness (QED) is 0.639. The highest BCUT2D eigenvalue weighted by atomic mass is 16.2. The first-order valence-corrected chi connectivity index (χ1v) is 13.6. The maximum atomic E-state index is 12.3. The molecule has 3 heterocycles. The third-order valence-electron chi connectivity index (χ3n) is 10.6. The van der Waals surface area contributed by atoms with E-state index in [1.165, 1.54) is 82.3 Å². The standard InChI is InChI=1S/C29H39N3O/c1-20(33)32-18-21-4-2-3-5-27(21)29(19-32)8-12-30(13-9-29)25-6-10-31(11-7-25)28-17-26-22-14-23(26)16-24(28)15-22/h2-5,17,22-25,28H,6-16,18-19H2,1H3. The van der Waals surface area contributed by atoms with Crippen LogP contribution in [0.1, 0.15) is 63.0 Å². The van der Waals surface area contributed by atoms with Crippen molar-refractivity contribution in [2.75, 3.05) is 32.7 Å². The van der Waals surface area contributed by atoms with Crippen LogP contribution in [0, 0.1) is 17.8 Å². The zero-order valence-corrected chi connectivity index (χ0v) is 20.2. The molecular formula is C29H39N3O. The van der Waals surface area contributed by atoms with Gasteiger partial charge in [0.2, 0.25) is 5.91 Å². The first kappa shape index (κ1) is 20.7. The molecule has 8 aliphatic rings. The molecule has 1 aromatic rings. The van der Waals surface area contributed by atoms with Gasteiger partial charge in [-0.3, -0.25) is 9.69 Å². The molecule has 3 saturated carbocycles. The van der Waals surface area contributed by atoms with Crippen molar-refractivity contribution in [3.63, 3.8) is 0 Å². The molecule has 2 saturated heterocycles. The van der Waals surface area contributed by atoms with Gasteiger partial charge in [-0.15, -0.1) is 0 Å². The summed E-state index contributed by atoms with van der Waals surface area (Å²) in [6.45, 7) is 8.37. The summed E-state index contributed by atoms with van der Waals surface area (Å²) in [7, 11) is 0. The summed E-state index contributed by atoms with van der Waals surface area (Å²) in [6, 6.07) is 10.4. The Morgan fingerprint density at radius 3 is 2.33 bits per heavy atom. The molecule has 4 bridgehead atoms. The largest absolute Gasteiger partial charge is 0.338 e. The fourth-order valence-electron chi connectivity index (χ4n) is 8.77. The number of hydrogen-bond donors (Lipinski definition) is 0. The molecule has 4 heteroatoms. The predicted octanol–water partition coefficient (Wildman–Crippen LogP) is 4.20. The molecule has 33 heavy (non-hydrogen) atoms. The Morgan fingerprint density at radius 1 is 0.939 bits per heavy atom. The molecular weight excluding hydrogens is 406 g/mol. The molecule has 3 unspecified atom stereocenters. The second-order valence-corrected chi connectivity index (χ2v) is 12.1. The van der Waals surface area contributed by atoms with E-state index in [2.05, 4.69) is 45.0 Å². The van der Waals surface area contributed by atoms with Crippen LogP contribution in [0.3, 0.4) is 0 Å². The van der Waals surface area contributed by atoms with Gasteiger partial charge < -0.3 is 9.80 Å². The number of fused-ring (bicyclic) bond motifs is 3. The number of nitrogens with zero attached hydrogens (tertiary/aromatic N) is 3. The minimum Gasteiger partial charge on any atom is -0.338 e. The lowest BCUT2D eigenvalue weighted by Crippen LogP contribution is -2.57. The van der Waals surface area contributed by atoms with Crippen molar-refractivity contribution < 1.29 is 4.79 Å². The molecule has 9 rings (SSSR count). The average molecular weight is 446 g/mol. The van der Waals surface area contributed by atoms with Gasteiger partial charge in [0.1, 0.15) is 0 Å². The Hall–Kier alpha value is -1.65. The highest BCUT2D eigenvalue weighted by Crippen LogP contribution is 2.57. The van der Waals surface area contributed by atoms with E-state index >= 15 is 0 Å². The van der Waals surface area contributed by atoms with Gasteiger partial charge in [-0.1, -0.05) is 35.9 Å². The van der Waals surface area contributed by atoms with E-state index in [9.17, 15) is 4.79 Å². The van der Waals surface area contributed by atoms with Crippen molar-refractivity contribution >= 4 is 5.91 Å². The maximum Gasteiger partial charge on any atom is 0.219 e. The van der Waals surface area contributed by atoms with Gasteiger partial charge in [0.15, 0.2) is 0 Å². The number of carbonyl (C=O) groups is 1. The Balaban J connectivity index is 1.00. The Kier molecular flexibility index (Phi) is 4.82. The van der Waals surface area contributed by atoms with Crippen LogP contribution in [0.5, 0.6) is 0 Å². The first-order valence-electron chi connectivity index (χ1n) is 13.6. The van der Waals surface area contributed by atoms with E-state index in [-0.39, 0.29) is 11.3 Å². The minimum atomic E-state index is 0.159. The summed E-state index contributed by atoms with van der Waals surface area (Å²) in [4.78, 5) is 20.0. The van der Waals surface area contributed by atoms with Gasteiger partial charge in [-0.05, 0) is 86.9 Å². The van der Waals surface area contributed by atoms with Gasteiger partial charge in [0, 0.05) is 50.6 Å². The van der Waals surface area contributed by atoms with Gasteiger partial charge >= 0.3 is 0 Å². The number of allylic oxidation sites excluding steroid dienone is 1. The molecule has 176 valence electrons. The van der Waals surface area contributed by atoms with E-state index in [1.807, 2.05) is 5.57 Å². The monoisotopic (exact) mass is 445 g/mol. The third kappa shape index (κ3) is 3.27. The number of piperidine rings is 2. The summed E-state index contributed by atoms with van der Waals surface area (Å²) in [5.74, 6) is 3.13. The molecule has 1 amide bonds. The number of carbonyl (C=O) groups excluding carboxylic acids is 1. The highest BCUT2D eigenvalue weighted by molar-refractivity contribution is 5.74. The predicted molar refractivity (Wildman–Crippen MR) is 131 cm³/mol. The zero-order chi connectivity index (χ0) is 22.2. The lowest BCUT2D eigenvalue weighted by atomic mass is 9.52. The van der Waals surface area contributed by atoms with Crippen LogP contribution in [0.15, 0.2) is 35.9 Å². The average Bonchev–Trinajstić information content (AvgIpc) is 2.85. The van der Waals surface area contributed by atoms with E-state index in [0.717, 1.165) is 42.9 Å². The fraction of sp³-hybridized carbons (Fsp3) is 0.690. The van der Waals surface area contributed by atoms with Crippen LogP contribution in [-0.2, 0) is 16.8 Å². The maximum absolute atomic E-state index is 12.3. The Morgan fingerprint density at radius 2 is 1.67 bits per heavy atom. The molecule has 3 aliphatic heterocycles. The summed E-state index contributed by atoms with van der Waals surface area (Å²) < 4.78 is 0. The topological polar surface area (TPSA) is 26.8 Å². The van der Waals surface area contributed by atoms with Crippen molar-refractivity contribution in [2.24, 2.45) is 17.8 Å². The molecule has 0 N–H and O–H groups in total. The Bertz CT molecular complexity index is 955. The number of amides is 1. The third-order valence-corrected chi connectivity index (χ3v) is 10.6. The van der Waals surface area contributed by atoms with Crippen LogP contribution in [0.4, 0.5) is 0 Å². The van der Waals surface area contributed by atoms with Crippen LogP contribution in [-0.4, -0.2) is 65.4 Å². The second-order valence-electron chi connectivity index (χ2n) is 12.1. The molecule has 5 fully saturated rings. The molecule has 1 aromatic carbocycles. The molecule has 4 nitrogen and oxygen atoms in total. The molecule has 0 aromatic heterocycles. The van der Waals surface area contributed by atoms with Crippen LogP contribution in [0.25, 0.3) is 0 Å². The van der Waals surface area contributed by atoms with E-state index in [4.69, 9.17) is 0 Å². The first-order chi connectivity index (χ1) is 16.1. The zero-order valence-electron chi connectivity index (χ0n) is 20.2. The summed E-state index contributed by atoms with van der Waals surface area (Å²) in [6.07, 6.45) is 12.2. The van der Waals surface area contributed by atoms with Crippen LogP contribution in [0.2, 0.25) is 0 Å². The number of benzene rings is 1. The van der Waals surface area contributed by atoms with Crippen molar-refractivity contribution in [2.45, 2.75) is 75.9 Å². The van der Waals surface area contributed by atoms with Crippen LogP contribution >= 0.6 is 0 Å². The summed E-state index contributed by atoms with van der Waals surface area (Å²) in [5, 5.41) is 0. The smallest absolute Gasteiger partial charge is 0.219 e. The van der Waals surface area contributed by atoms with Gasteiger partial charge in [0.05, 0.1) is 0 Å². The normalized spacial score (nSPS) is 35.8. The summed E-state index contributed by atoms with van der Waals surface area (Å²) >= 11 is 0. The van der Waals surface area contributed by atoms with E-state index in [1.54, 1.807) is 6.92 Å². The minimum absolute atomic E-state index is 0.159. The molecule has 0 radical (unpaired) electrons. The number of rotatable bonds is 2. The number of likely N-dealkylation sites (tertiary alicyclic amines) is 2. The van der Waals surface area contributed by atoms with E-state index < -0.39 is 0 Å². The molecule has 1 spiro atoms. The van der Waals surface area contributed by atoms with Gasteiger partial charge in [0.25, 0.3) is 0 Å². The van der Waals surface area contributed by atoms with Crippen LogP contribution < -0.4 is 0 Å². The second kappa shape index (κ2) is 7.68. The molecule has 5 aliphatic carbocycles. The Labute approximate surface area is 199 Å². The van der Waals surface area contributed by atoms with Crippen molar-refractivity contribution in [3.05, 3.63) is 47.0 Å². The SMILES string of the molecule is CC(=O)N1Cc2ccccc2C2(CCN(C3CCN(C4C=C5C6CC5CC4C6)CC3)CC2)C1. The van der Waals surface area contributed by atoms with Gasteiger partial charge in [-0.25, -0.2) is 0 Å². The fourth-order valence-corrected chi connectivity index (χ4v) is 8.77. The van der Waals surface area contributed by atoms with E-state index in [0.29, 0.717) is 0 Å². The summed E-state index contributed by atoms with van der Waals surface area (Å²) in [5.41, 5.74) is 4.90. The molecule has 3 atom stereocenters. The lowest BCUT2D eigenvalue weighted by molar-refractivity contribution is -0.131. The highest BCUT2D eigenvalue weighted by Gasteiger charge is 2.50. The van der Waals surface area contributed by atoms with Crippen molar-refractivity contribution in [1.82, 2.24) is 14.7 Å². The van der Waals surface area contributed by atoms with Crippen molar-refractivity contribution in [3.8, 4) is 0 Å². The van der Waals surface area contributed by atoms with Gasteiger partial charge in [-0.2, -0.15) is 0 Å². The van der Waals surface area contributed by atoms with Crippen molar-refractivity contribution in [1.29, 1.82) is 0 Å². The lowest BCUT2D eigenvalue weighted by Gasteiger charge is -2.57.